The van der Waals surface area contributed by atoms with Crippen molar-refractivity contribution < 1.29 is 4.79 Å². The van der Waals surface area contributed by atoms with Crippen LogP contribution in [0.3, 0.4) is 0 Å². The molecular weight excluding hydrogens is 268 g/mol. The van der Waals surface area contributed by atoms with E-state index in [1.807, 2.05) is 17.8 Å². The van der Waals surface area contributed by atoms with Crippen LogP contribution in [0.1, 0.15) is 30.0 Å². The Bertz CT molecular complexity index is 620. The van der Waals surface area contributed by atoms with E-state index in [9.17, 15) is 4.79 Å². The van der Waals surface area contributed by atoms with Crippen LogP contribution in [0.5, 0.6) is 0 Å². The highest BCUT2D eigenvalue weighted by atomic mass is 16.2. The molecule has 2 aromatic rings. The summed E-state index contributed by atoms with van der Waals surface area (Å²) in [5.41, 5.74) is 7.70. The lowest BCUT2D eigenvalue weighted by Gasteiger charge is -2.05. The largest absolute Gasteiger partial charge is 0.382 e. The summed E-state index contributed by atoms with van der Waals surface area (Å²) in [6.07, 6.45) is 6.24. The number of carbonyl (C=O) groups is 1. The second-order valence-electron chi connectivity index (χ2n) is 5.52. The van der Waals surface area contributed by atoms with E-state index in [-0.39, 0.29) is 12.5 Å². The average Bonchev–Trinajstić information content (AvgIpc) is 3.10. The van der Waals surface area contributed by atoms with Crippen molar-refractivity contribution in [2.45, 2.75) is 38.8 Å². The first-order valence-corrected chi connectivity index (χ1v) is 7.21. The van der Waals surface area contributed by atoms with E-state index in [2.05, 4.69) is 21.6 Å². The Hall–Kier alpha value is -2.31. The quantitative estimate of drug-likeness (QED) is 0.817. The van der Waals surface area contributed by atoms with E-state index >= 15 is 0 Å². The number of amides is 1. The zero-order chi connectivity index (χ0) is 14.8. The molecule has 0 atom stereocenters. The summed E-state index contributed by atoms with van der Waals surface area (Å²) < 4.78 is 3.43. The van der Waals surface area contributed by atoms with Crippen LogP contribution in [0, 0.1) is 6.92 Å². The van der Waals surface area contributed by atoms with Crippen LogP contribution in [0.4, 0.5) is 5.82 Å². The normalized spacial score (nSPS) is 14.3. The zero-order valence-corrected chi connectivity index (χ0v) is 12.1. The number of nitrogen functional groups attached to an aromatic ring is 1. The average molecular weight is 288 g/mol. The Morgan fingerprint density at radius 2 is 2.24 bits per heavy atom. The lowest BCUT2D eigenvalue weighted by molar-refractivity contribution is -0.121. The molecule has 112 valence electrons. The van der Waals surface area contributed by atoms with Gasteiger partial charge < -0.3 is 11.1 Å². The molecule has 1 fully saturated rings. The standard InChI is InChI=1S/C14H20N6O/c1-10-8-20(18-14(10)15)9-13(21)16-5-7-19-6-4-12(17-19)11-2-3-11/h4,6,8,11H,2-3,5,7,9H2,1H3,(H2,15,18)(H,16,21). The van der Waals surface area contributed by atoms with Gasteiger partial charge in [0.1, 0.15) is 12.4 Å². The number of nitrogens with zero attached hydrogens (tertiary/aromatic N) is 4. The van der Waals surface area contributed by atoms with Crippen molar-refractivity contribution in [3.05, 3.63) is 29.7 Å². The maximum atomic E-state index is 11.8. The molecule has 0 saturated heterocycles. The fraction of sp³-hybridized carbons (Fsp3) is 0.500. The molecule has 2 aromatic heterocycles. The number of carbonyl (C=O) groups excluding carboxylic acids is 1. The van der Waals surface area contributed by atoms with Gasteiger partial charge in [-0.2, -0.15) is 10.2 Å². The summed E-state index contributed by atoms with van der Waals surface area (Å²) in [6.45, 7) is 3.29. The Kier molecular flexibility index (Phi) is 3.64. The molecule has 21 heavy (non-hydrogen) atoms. The highest BCUT2D eigenvalue weighted by Crippen LogP contribution is 2.38. The van der Waals surface area contributed by atoms with Gasteiger partial charge in [-0.15, -0.1) is 0 Å². The van der Waals surface area contributed by atoms with Gasteiger partial charge in [0.15, 0.2) is 0 Å². The molecule has 1 aliphatic rings. The van der Waals surface area contributed by atoms with Crippen LogP contribution in [0.15, 0.2) is 18.5 Å². The number of aromatic nitrogens is 4. The molecule has 0 radical (unpaired) electrons. The van der Waals surface area contributed by atoms with Gasteiger partial charge in [0.25, 0.3) is 0 Å². The fourth-order valence-electron chi connectivity index (χ4n) is 2.23. The predicted molar refractivity (Wildman–Crippen MR) is 78.6 cm³/mol. The molecule has 7 nitrogen and oxygen atoms in total. The molecule has 0 spiro atoms. The van der Waals surface area contributed by atoms with Crippen molar-refractivity contribution in [2.75, 3.05) is 12.3 Å². The highest BCUT2D eigenvalue weighted by Gasteiger charge is 2.25. The lowest BCUT2D eigenvalue weighted by Crippen LogP contribution is -2.30. The number of rotatable bonds is 6. The number of hydrogen-bond donors (Lipinski definition) is 2. The fourth-order valence-corrected chi connectivity index (χ4v) is 2.23. The SMILES string of the molecule is Cc1cn(CC(=O)NCCn2ccc(C3CC3)n2)nc1N. The summed E-state index contributed by atoms with van der Waals surface area (Å²) in [4.78, 5) is 11.8. The first-order valence-electron chi connectivity index (χ1n) is 7.21. The molecule has 7 heteroatoms. The molecule has 0 unspecified atom stereocenters. The van der Waals surface area contributed by atoms with Gasteiger partial charge in [-0.05, 0) is 25.8 Å². The van der Waals surface area contributed by atoms with Gasteiger partial charge in [-0.25, -0.2) is 0 Å². The summed E-state index contributed by atoms with van der Waals surface area (Å²) in [5, 5.41) is 11.4. The third kappa shape index (κ3) is 3.42. The van der Waals surface area contributed by atoms with E-state index in [0.717, 1.165) is 5.56 Å². The number of nitrogens with two attached hydrogens (primary N) is 1. The van der Waals surface area contributed by atoms with Crippen LogP contribution in [0.25, 0.3) is 0 Å². The number of hydrogen-bond acceptors (Lipinski definition) is 4. The van der Waals surface area contributed by atoms with Crippen molar-refractivity contribution in [1.29, 1.82) is 0 Å². The van der Waals surface area contributed by atoms with E-state index in [4.69, 9.17) is 5.73 Å². The first-order chi connectivity index (χ1) is 10.1. The molecule has 1 aliphatic carbocycles. The third-order valence-corrected chi connectivity index (χ3v) is 3.61. The minimum atomic E-state index is -0.0768. The van der Waals surface area contributed by atoms with Crippen LogP contribution < -0.4 is 11.1 Å². The molecule has 0 aliphatic heterocycles. The molecule has 3 N–H and O–H groups in total. The minimum Gasteiger partial charge on any atom is -0.382 e. The maximum absolute atomic E-state index is 11.8. The first kappa shape index (κ1) is 13.7. The van der Waals surface area contributed by atoms with Crippen molar-refractivity contribution in [3.8, 4) is 0 Å². The van der Waals surface area contributed by atoms with Crippen LogP contribution in [0.2, 0.25) is 0 Å². The number of aryl methyl sites for hydroxylation is 1. The molecule has 0 bridgehead atoms. The predicted octanol–water partition coefficient (Wildman–Crippen LogP) is 0.664. The Balaban J connectivity index is 1.42. The zero-order valence-electron chi connectivity index (χ0n) is 12.1. The monoisotopic (exact) mass is 288 g/mol. The van der Waals surface area contributed by atoms with Crippen molar-refractivity contribution in [1.82, 2.24) is 24.9 Å². The van der Waals surface area contributed by atoms with Gasteiger partial charge in [-0.1, -0.05) is 0 Å². The summed E-state index contributed by atoms with van der Waals surface area (Å²) in [5.74, 6) is 1.05. The van der Waals surface area contributed by atoms with Gasteiger partial charge in [0.05, 0.1) is 12.2 Å². The Morgan fingerprint density at radius 1 is 1.43 bits per heavy atom. The van der Waals surface area contributed by atoms with E-state index in [0.29, 0.717) is 24.8 Å². The molecule has 0 aromatic carbocycles. The van der Waals surface area contributed by atoms with Gasteiger partial charge in [0, 0.05) is 30.4 Å². The van der Waals surface area contributed by atoms with Crippen LogP contribution in [-0.2, 0) is 17.9 Å². The van der Waals surface area contributed by atoms with Crippen LogP contribution >= 0.6 is 0 Å². The Morgan fingerprint density at radius 3 is 2.90 bits per heavy atom. The third-order valence-electron chi connectivity index (χ3n) is 3.61. The van der Waals surface area contributed by atoms with Gasteiger partial charge >= 0.3 is 0 Å². The second-order valence-corrected chi connectivity index (χ2v) is 5.52. The van der Waals surface area contributed by atoms with Crippen molar-refractivity contribution in [3.63, 3.8) is 0 Å². The molecule has 1 amide bonds. The number of nitrogens with one attached hydrogen (secondary N) is 1. The maximum Gasteiger partial charge on any atom is 0.241 e. The van der Waals surface area contributed by atoms with Gasteiger partial charge in [0.2, 0.25) is 5.91 Å². The highest BCUT2D eigenvalue weighted by molar-refractivity contribution is 5.75. The lowest BCUT2D eigenvalue weighted by atomic mass is 10.3. The Labute approximate surface area is 123 Å². The summed E-state index contributed by atoms with van der Waals surface area (Å²) in [7, 11) is 0. The second kappa shape index (κ2) is 5.59. The molecule has 2 heterocycles. The summed E-state index contributed by atoms with van der Waals surface area (Å²) >= 11 is 0. The van der Waals surface area contributed by atoms with E-state index < -0.39 is 0 Å². The topological polar surface area (TPSA) is 90.8 Å². The smallest absolute Gasteiger partial charge is 0.241 e. The molecular formula is C14H20N6O. The molecule has 1 saturated carbocycles. The number of anilines is 1. The van der Waals surface area contributed by atoms with E-state index in [1.54, 1.807) is 10.9 Å². The van der Waals surface area contributed by atoms with E-state index in [1.165, 1.54) is 18.5 Å². The van der Waals surface area contributed by atoms with Crippen molar-refractivity contribution >= 4 is 11.7 Å². The van der Waals surface area contributed by atoms with Crippen LogP contribution in [-0.4, -0.2) is 32.0 Å². The minimum absolute atomic E-state index is 0.0768. The summed E-state index contributed by atoms with van der Waals surface area (Å²) in [6, 6.07) is 2.06. The molecule has 3 rings (SSSR count). The van der Waals surface area contributed by atoms with Gasteiger partial charge in [-0.3, -0.25) is 14.2 Å². The van der Waals surface area contributed by atoms with Crippen molar-refractivity contribution in [2.24, 2.45) is 0 Å².